The molecule has 60 valence electrons. The lowest BCUT2D eigenvalue weighted by molar-refractivity contribution is -0.139. The van der Waals surface area contributed by atoms with Gasteiger partial charge in [0.15, 0.2) is 6.04 Å². The van der Waals surface area contributed by atoms with Crippen LogP contribution in [0.2, 0.25) is 0 Å². The second kappa shape index (κ2) is 2.71. The summed E-state index contributed by atoms with van der Waals surface area (Å²) in [7, 11) is 0. The van der Waals surface area contributed by atoms with Crippen molar-refractivity contribution >= 4 is 5.97 Å². The molecule has 1 aromatic rings. The molecule has 1 atom stereocenters. The molecule has 5 heteroatoms. The lowest BCUT2D eigenvalue weighted by Crippen LogP contribution is -2.19. The number of nitrogens with two attached hydrogens (primary N) is 1. The fourth-order valence-electron chi connectivity index (χ4n) is 0.617. The Bertz CT molecular complexity index is 271. The molecule has 3 N–H and O–H groups in total. The molecule has 0 fully saturated rings. The molecule has 11 heavy (non-hydrogen) atoms. The molecular weight excluding hydrogens is 153 g/mol. The van der Waals surface area contributed by atoms with Crippen LogP contribution >= 0.6 is 0 Å². The predicted octanol–water partition coefficient (Wildman–Crippen LogP) is 0.503. The van der Waals surface area contributed by atoms with Gasteiger partial charge in [-0.25, -0.2) is 0 Å². The number of carbonyl (C=O) groups is 1. The lowest BCUT2D eigenvalue weighted by Gasteiger charge is -1.99. The average Bonchev–Trinajstić information content (AvgIpc) is 2.34. The Morgan fingerprint density at radius 3 is 2.73 bits per heavy atom. The van der Waals surface area contributed by atoms with Crippen molar-refractivity contribution in [1.29, 1.82) is 0 Å². The van der Waals surface area contributed by atoms with Crippen LogP contribution in [0.1, 0.15) is 11.8 Å². The quantitative estimate of drug-likeness (QED) is 0.658. The molecule has 0 aromatic carbocycles. The summed E-state index contributed by atoms with van der Waals surface area (Å²) in [6.07, 6.45) is 0. The first-order chi connectivity index (χ1) is 5.11. The van der Waals surface area contributed by atoms with Crippen LogP contribution in [0.4, 0.5) is 4.39 Å². The summed E-state index contributed by atoms with van der Waals surface area (Å²) < 4.78 is 16.5. The molecule has 0 spiro atoms. The number of carboxylic acid groups (broad SMARTS) is 1. The molecule has 0 saturated heterocycles. The first kappa shape index (κ1) is 7.74. The highest BCUT2D eigenvalue weighted by Gasteiger charge is 2.17. The molecule has 1 aromatic heterocycles. The number of furan rings is 1. The summed E-state index contributed by atoms with van der Waals surface area (Å²) in [5, 5.41) is 8.34. The van der Waals surface area contributed by atoms with Gasteiger partial charge in [0.2, 0.25) is 0 Å². The van der Waals surface area contributed by atoms with E-state index in [2.05, 4.69) is 4.42 Å². The molecule has 0 amide bonds. The minimum absolute atomic E-state index is 0.0880. The Morgan fingerprint density at radius 1 is 1.73 bits per heavy atom. The monoisotopic (exact) mass is 159 g/mol. The summed E-state index contributed by atoms with van der Waals surface area (Å²) in [6, 6.07) is 0.0721. The maximum absolute atomic E-state index is 12.1. The molecule has 0 radical (unpaired) electrons. The van der Waals surface area contributed by atoms with Crippen LogP contribution in [0.3, 0.4) is 0 Å². The largest absolute Gasteiger partial charge is 0.480 e. The van der Waals surface area contributed by atoms with Gasteiger partial charge in [0.25, 0.3) is 6.01 Å². The first-order valence-corrected chi connectivity index (χ1v) is 2.85. The number of hydrogen-bond donors (Lipinski definition) is 2. The van der Waals surface area contributed by atoms with Crippen LogP contribution in [0, 0.1) is 6.01 Å². The van der Waals surface area contributed by atoms with E-state index in [1.54, 1.807) is 0 Å². The number of carboxylic acids is 1. The van der Waals surface area contributed by atoms with Crippen LogP contribution in [0.5, 0.6) is 0 Å². The second-order valence-electron chi connectivity index (χ2n) is 1.96. The summed E-state index contributed by atoms with van der Waals surface area (Å²) >= 11 is 0. The maximum Gasteiger partial charge on any atom is 0.328 e. The third-order valence-electron chi connectivity index (χ3n) is 1.17. The summed E-state index contributed by atoms with van der Waals surface area (Å²) in [5.41, 5.74) is 5.09. The molecule has 1 heterocycles. The Labute approximate surface area is 61.4 Å². The zero-order chi connectivity index (χ0) is 8.43. The number of hydrogen-bond acceptors (Lipinski definition) is 3. The zero-order valence-corrected chi connectivity index (χ0v) is 5.45. The van der Waals surface area contributed by atoms with E-state index < -0.39 is 18.0 Å². The van der Waals surface area contributed by atoms with E-state index in [9.17, 15) is 9.18 Å². The van der Waals surface area contributed by atoms with Crippen molar-refractivity contribution in [3.8, 4) is 0 Å². The lowest BCUT2D eigenvalue weighted by atomic mass is 10.2. The van der Waals surface area contributed by atoms with Crippen LogP contribution in [0.25, 0.3) is 0 Å². The van der Waals surface area contributed by atoms with Gasteiger partial charge in [-0.2, -0.15) is 4.39 Å². The first-order valence-electron chi connectivity index (χ1n) is 2.85. The molecule has 0 aliphatic carbocycles. The van der Waals surface area contributed by atoms with Crippen molar-refractivity contribution in [2.24, 2.45) is 5.73 Å². The predicted molar refractivity (Wildman–Crippen MR) is 33.2 cm³/mol. The molecule has 4 nitrogen and oxygen atoms in total. The van der Waals surface area contributed by atoms with Gasteiger partial charge in [0, 0.05) is 6.07 Å². The van der Waals surface area contributed by atoms with Crippen molar-refractivity contribution in [2.45, 2.75) is 6.04 Å². The highest BCUT2D eigenvalue weighted by atomic mass is 19.1. The summed E-state index contributed by atoms with van der Waals surface area (Å²) in [6.45, 7) is 0. The van der Waals surface area contributed by atoms with Crippen LogP contribution < -0.4 is 5.73 Å². The van der Waals surface area contributed by atoms with E-state index in [4.69, 9.17) is 10.8 Å². The van der Waals surface area contributed by atoms with Crippen LogP contribution in [0.15, 0.2) is 16.5 Å². The third kappa shape index (κ3) is 1.56. The minimum atomic E-state index is -1.29. The molecule has 0 saturated carbocycles. The van der Waals surface area contributed by atoms with Gasteiger partial charge >= 0.3 is 5.97 Å². The minimum Gasteiger partial charge on any atom is -0.480 e. The van der Waals surface area contributed by atoms with Gasteiger partial charge in [0.05, 0.1) is 0 Å². The molecule has 1 rings (SSSR count). The Hall–Kier alpha value is -1.36. The molecule has 1 unspecified atom stereocenters. The smallest absolute Gasteiger partial charge is 0.328 e. The number of halogens is 1. The molecule has 0 bridgehead atoms. The molecule has 0 aliphatic heterocycles. The Balaban J connectivity index is 2.84. The van der Waals surface area contributed by atoms with E-state index in [1.165, 1.54) is 6.07 Å². The van der Waals surface area contributed by atoms with Crippen molar-refractivity contribution in [3.05, 3.63) is 23.9 Å². The normalized spacial score (nSPS) is 12.9. The van der Waals surface area contributed by atoms with Crippen molar-refractivity contribution in [2.75, 3.05) is 0 Å². The van der Waals surface area contributed by atoms with Crippen molar-refractivity contribution in [3.63, 3.8) is 0 Å². The van der Waals surface area contributed by atoms with Crippen molar-refractivity contribution in [1.82, 2.24) is 0 Å². The van der Waals surface area contributed by atoms with Gasteiger partial charge in [-0.05, 0) is 6.07 Å². The number of rotatable bonds is 2. The molecular formula is C6H6FNO3. The van der Waals surface area contributed by atoms with Gasteiger partial charge in [0.1, 0.15) is 5.76 Å². The fourth-order valence-corrected chi connectivity index (χ4v) is 0.617. The van der Waals surface area contributed by atoms with Gasteiger partial charge in [-0.3, -0.25) is 4.79 Å². The van der Waals surface area contributed by atoms with E-state index in [1.807, 2.05) is 0 Å². The topological polar surface area (TPSA) is 76.5 Å². The maximum atomic E-state index is 12.1. The van der Waals surface area contributed by atoms with E-state index in [0.29, 0.717) is 0 Å². The second-order valence-corrected chi connectivity index (χ2v) is 1.96. The highest BCUT2D eigenvalue weighted by Crippen LogP contribution is 2.12. The summed E-state index contributed by atoms with van der Waals surface area (Å²) in [4.78, 5) is 10.2. The zero-order valence-electron chi connectivity index (χ0n) is 5.45. The van der Waals surface area contributed by atoms with E-state index >= 15 is 0 Å². The molecule has 0 aliphatic rings. The van der Waals surface area contributed by atoms with E-state index in [0.717, 1.165) is 6.07 Å². The SMILES string of the molecule is NC(C(=O)O)c1ccc(F)o1. The van der Waals surface area contributed by atoms with Gasteiger partial charge < -0.3 is 15.3 Å². The third-order valence-corrected chi connectivity index (χ3v) is 1.17. The standard InChI is InChI=1S/C6H6FNO3/c7-4-2-1-3(11-4)5(8)6(9)10/h1-2,5H,8H2,(H,9,10). The summed E-state index contributed by atoms with van der Waals surface area (Å²) in [5.74, 6) is -1.34. The van der Waals surface area contributed by atoms with Gasteiger partial charge in [-0.15, -0.1) is 0 Å². The van der Waals surface area contributed by atoms with E-state index in [-0.39, 0.29) is 5.76 Å². The van der Waals surface area contributed by atoms with Crippen LogP contribution in [-0.4, -0.2) is 11.1 Å². The fraction of sp³-hybridized carbons (Fsp3) is 0.167. The van der Waals surface area contributed by atoms with Crippen LogP contribution in [-0.2, 0) is 4.79 Å². The van der Waals surface area contributed by atoms with Crippen molar-refractivity contribution < 1.29 is 18.7 Å². The Kier molecular flexibility index (Phi) is 1.91. The Morgan fingerprint density at radius 2 is 2.36 bits per heavy atom. The number of aliphatic carboxylic acids is 1. The average molecular weight is 159 g/mol. The van der Waals surface area contributed by atoms with Gasteiger partial charge in [-0.1, -0.05) is 0 Å². The highest BCUT2D eigenvalue weighted by molar-refractivity contribution is 5.74.